The van der Waals surface area contributed by atoms with Crippen LogP contribution in [-0.2, 0) is 11.2 Å². The Bertz CT molecular complexity index is 795. The number of carbonyl (C=O) groups is 2. The molecule has 1 aliphatic rings. The summed E-state index contributed by atoms with van der Waals surface area (Å²) in [4.78, 5) is 28.7. The van der Waals surface area contributed by atoms with Crippen molar-refractivity contribution in [2.75, 3.05) is 39.3 Å². The summed E-state index contributed by atoms with van der Waals surface area (Å²) in [5, 5.41) is 3.01. The summed E-state index contributed by atoms with van der Waals surface area (Å²) in [6.45, 7) is 8.17. The zero-order chi connectivity index (χ0) is 20.6. The zero-order valence-corrected chi connectivity index (χ0v) is 17.4. The van der Waals surface area contributed by atoms with Gasteiger partial charge >= 0.3 is 0 Å². The van der Waals surface area contributed by atoms with E-state index in [9.17, 15) is 9.59 Å². The molecule has 1 heterocycles. The summed E-state index contributed by atoms with van der Waals surface area (Å²) >= 11 is 0. The van der Waals surface area contributed by atoms with Gasteiger partial charge in [0.25, 0.3) is 5.91 Å². The minimum absolute atomic E-state index is 0.0478. The van der Waals surface area contributed by atoms with Crippen LogP contribution in [0, 0.1) is 0 Å². The van der Waals surface area contributed by atoms with E-state index in [2.05, 4.69) is 48.3 Å². The Labute approximate surface area is 173 Å². The minimum atomic E-state index is 0.0478. The maximum Gasteiger partial charge on any atom is 0.253 e. The second-order valence-corrected chi connectivity index (χ2v) is 7.93. The van der Waals surface area contributed by atoms with Gasteiger partial charge in [-0.3, -0.25) is 14.5 Å². The topological polar surface area (TPSA) is 52.7 Å². The molecule has 0 aliphatic carbocycles. The van der Waals surface area contributed by atoms with Gasteiger partial charge in [-0.15, -0.1) is 0 Å². The molecule has 0 aromatic heterocycles. The molecule has 0 unspecified atom stereocenters. The van der Waals surface area contributed by atoms with E-state index in [-0.39, 0.29) is 11.8 Å². The number of benzene rings is 2. The summed E-state index contributed by atoms with van der Waals surface area (Å²) in [5.74, 6) is 0.650. The molecule has 1 N–H and O–H groups in total. The van der Waals surface area contributed by atoms with E-state index in [4.69, 9.17) is 0 Å². The Hall–Kier alpha value is -2.66. The van der Waals surface area contributed by atoms with Crippen LogP contribution < -0.4 is 5.32 Å². The maximum atomic E-state index is 12.5. The van der Waals surface area contributed by atoms with Crippen molar-refractivity contribution >= 4 is 11.8 Å². The molecule has 5 nitrogen and oxygen atoms in total. The average molecular weight is 394 g/mol. The lowest BCUT2D eigenvalue weighted by Crippen LogP contribution is -2.51. The number of piperazine rings is 1. The van der Waals surface area contributed by atoms with E-state index >= 15 is 0 Å². The van der Waals surface area contributed by atoms with Gasteiger partial charge in [0.15, 0.2) is 0 Å². The first-order chi connectivity index (χ1) is 14.0. The third-order valence-electron chi connectivity index (χ3n) is 5.43. The first-order valence-corrected chi connectivity index (χ1v) is 10.4. The molecule has 0 spiro atoms. The summed E-state index contributed by atoms with van der Waals surface area (Å²) in [7, 11) is 0. The number of nitrogens with one attached hydrogen (secondary N) is 1. The Balaban J connectivity index is 1.36. The van der Waals surface area contributed by atoms with Gasteiger partial charge in [-0.25, -0.2) is 0 Å². The third kappa shape index (κ3) is 6.16. The van der Waals surface area contributed by atoms with Crippen molar-refractivity contribution in [2.24, 2.45) is 0 Å². The van der Waals surface area contributed by atoms with Crippen LogP contribution in [0.3, 0.4) is 0 Å². The molecule has 0 saturated carbocycles. The van der Waals surface area contributed by atoms with Gasteiger partial charge in [-0.05, 0) is 35.6 Å². The Morgan fingerprint density at radius 3 is 2.21 bits per heavy atom. The van der Waals surface area contributed by atoms with Crippen LogP contribution in [0.15, 0.2) is 54.6 Å². The second-order valence-electron chi connectivity index (χ2n) is 7.93. The van der Waals surface area contributed by atoms with E-state index in [0.717, 1.165) is 25.1 Å². The molecule has 1 fully saturated rings. The van der Waals surface area contributed by atoms with Gasteiger partial charge in [0.2, 0.25) is 5.91 Å². The molecular weight excluding hydrogens is 362 g/mol. The van der Waals surface area contributed by atoms with E-state index < -0.39 is 0 Å². The third-order valence-corrected chi connectivity index (χ3v) is 5.43. The van der Waals surface area contributed by atoms with Gasteiger partial charge in [-0.2, -0.15) is 0 Å². The molecule has 154 valence electrons. The van der Waals surface area contributed by atoms with Crippen molar-refractivity contribution in [2.45, 2.75) is 26.2 Å². The number of amides is 2. The van der Waals surface area contributed by atoms with E-state index in [0.29, 0.717) is 32.1 Å². The highest BCUT2D eigenvalue weighted by atomic mass is 16.2. The van der Waals surface area contributed by atoms with Crippen LogP contribution >= 0.6 is 0 Å². The Morgan fingerprint density at radius 1 is 0.931 bits per heavy atom. The number of hydrogen-bond acceptors (Lipinski definition) is 3. The molecule has 2 aromatic rings. The molecule has 3 rings (SSSR count). The normalized spacial score (nSPS) is 14.8. The Morgan fingerprint density at radius 2 is 1.59 bits per heavy atom. The molecule has 2 amide bonds. The smallest absolute Gasteiger partial charge is 0.253 e. The molecule has 0 atom stereocenters. The fourth-order valence-corrected chi connectivity index (χ4v) is 3.55. The lowest BCUT2D eigenvalue weighted by molar-refractivity contribution is -0.122. The van der Waals surface area contributed by atoms with Crippen LogP contribution in [0.4, 0.5) is 0 Å². The molecule has 0 radical (unpaired) electrons. The van der Waals surface area contributed by atoms with Crippen molar-refractivity contribution in [1.82, 2.24) is 15.1 Å². The molecule has 29 heavy (non-hydrogen) atoms. The highest BCUT2D eigenvalue weighted by molar-refractivity contribution is 5.94. The van der Waals surface area contributed by atoms with Crippen LogP contribution in [0.25, 0.3) is 0 Å². The summed E-state index contributed by atoms with van der Waals surface area (Å²) in [6.07, 6.45) is 0.837. The molecular formula is C24H31N3O2. The number of carbonyl (C=O) groups excluding carboxylic acids is 2. The van der Waals surface area contributed by atoms with Crippen molar-refractivity contribution in [3.05, 3.63) is 71.3 Å². The van der Waals surface area contributed by atoms with Gasteiger partial charge in [-0.1, -0.05) is 56.3 Å². The van der Waals surface area contributed by atoms with E-state index in [1.807, 2.05) is 35.2 Å². The molecule has 1 aliphatic heterocycles. The quantitative estimate of drug-likeness (QED) is 0.787. The van der Waals surface area contributed by atoms with Crippen LogP contribution in [-0.4, -0.2) is 60.9 Å². The highest BCUT2D eigenvalue weighted by Crippen LogP contribution is 2.14. The monoisotopic (exact) mass is 393 g/mol. The second kappa shape index (κ2) is 10.2. The standard InChI is InChI=1S/C24H31N3O2/c1-19(2)21-10-8-20(9-11-21)12-13-25-23(28)18-26-14-16-27(17-15-26)24(29)22-6-4-3-5-7-22/h3-11,19H,12-18H2,1-2H3,(H,25,28). The lowest BCUT2D eigenvalue weighted by atomic mass is 10.0. The average Bonchev–Trinajstić information content (AvgIpc) is 2.75. The lowest BCUT2D eigenvalue weighted by Gasteiger charge is -2.34. The van der Waals surface area contributed by atoms with Crippen molar-refractivity contribution in [3.63, 3.8) is 0 Å². The number of rotatable bonds is 7. The SMILES string of the molecule is CC(C)c1ccc(CCNC(=O)CN2CCN(C(=O)c3ccccc3)CC2)cc1. The molecule has 2 aromatic carbocycles. The summed E-state index contributed by atoms with van der Waals surface area (Å²) in [6, 6.07) is 18.0. The first kappa shape index (κ1) is 21.1. The van der Waals surface area contributed by atoms with Crippen molar-refractivity contribution < 1.29 is 9.59 Å². The largest absolute Gasteiger partial charge is 0.355 e. The van der Waals surface area contributed by atoms with Crippen LogP contribution in [0.2, 0.25) is 0 Å². The van der Waals surface area contributed by atoms with Crippen molar-refractivity contribution in [3.8, 4) is 0 Å². The summed E-state index contributed by atoms with van der Waals surface area (Å²) in [5.41, 5.74) is 3.30. The fraction of sp³-hybridized carbons (Fsp3) is 0.417. The summed E-state index contributed by atoms with van der Waals surface area (Å²) < 4.78 is 0. The fourth-order valence-electron chi connectivity index (χ4n) is 3.55. The predicted octanol–water partition coefficient (Wildman–Crippen LogP) is 2.93. The van der Waals surface area contributed by atoms with E-state index in [1.54, 1.807) is 0 Å². The molecule has 1 saturated heterocycles. The van der Waals surface area contributed by atoms with Gasteiger partial charge in [0.05, 0.1) is 6.54 Å². The van der Waals surface area contributed by atoms with E-state index in [1.165, 1.54) is 11.1 Å². The number of nitrogens with zero attached hydrogens (tertiary/aromatic N) is 2. The molecule has 0 bridgehead atoms. The molecule has 5 heteroatoms. The number of hydrogen-bond donors (Lipinski definition) is 1. The maximum absolute atomic E-state index is 12.5. The first-order valence-electron chi connectivity index (χ1n) is 10.4. The van der Waals surface area contributed by atoms with Gasteiger partial charge in [0.1, 0.15) is 0 Å². The minimum Gasteiger partial charge on any atom is -0.355 e. The van der Waals surface area contributed by atoms with Gasteiger partial charge < -0.3 is 10.2 Å². The van der Waals surface area contributed by atoms with Gasteiger partial charge in [0, 0.05) is 38.3 Å². The highest BCUT2D eigenvalue weighted by Gasteiger charge is 2.23. The Kier molecular flexibility index (Phi) is 7.42. The van der Waals surface area contributed by atoms with Crippen molar-refractivity contribution in [1.29, 1.82) is 0 Å². The zero-order valence-electron chi connectivity index (χ0n) is 17.4. The van der Waals surface area contributed by atoms with Crippen LogP contribution in [0.1, 0.15) is 41.3 Å². The predicted molar refractivity (Wildman–Crippen MR) is 116 cm³/mol. The van der Waals surface area contributed by atoms with Crippen LogP contribution in [0.5, 0.6) is 0 Å².